The zero-order valence-electron chi connectivity index (χ0n) is 12.4. The van der Waals surface area contributed by atoms with Gasteiger partial charge in [-0.1, -0.05) is 0 Å². The van der Waals surface area contributed by atoms with Crippen LogP contribution >= 0.6 is 0 Å². The van der Waals surface area contributed by atoms with E-state index in [1.165, 1.54) is 0 Å². The molecule has 2 aromatic rings. The predicted molar refractivity (Wildman–Crippen MR) is 78.1 cm³/mol. The number of pyridine rings is 1. The summed E-state index contributed by atoms with van der Waals surface area (Å²) in [7, 11) is 0. The van der Waals surface area contributed by atoms with Gasteiger partial charge in [-0.15, -0.1) is 0 Å². The van der Waals surface area contributed by atoms with Gasteiger partial charge >= 0.3 is 0 Å². The smallest absolute Gasteiger partial charge is 0.272 e. The first-order chi connectivity index (χ1) is 9.56. The summed E-state index contributed by atoms with van der Waals surface area (Å²) in [5.41, 5.74) is 3.31. The summed E-state index contributed by atoms with van der Waals surface area (Å²) in [6.45, 7) is 9.24. The molecule has 2 heterocycles. The van der Waals surface area contributed by atoms with Crippen molar-refractivity contribution in [3.8, 4) is 5.69 Å². The maximum absolute atomic E-state index is 12.3. The Morgan fingerprint density at radius 2 is 1.95 bits per heavy atom. The molecule has 0 radical (unpaired) electrons. The topological polar surface area (TPSA) is 51.0 Å². The van der Waals surface area contributed by atoms with Crippen LogP contribution in [0.3, 0.4) is 0 Å². The zero-order chi connectivity index (χ0) is 14.7. The fourth-order valence-corrected chi connectivity index (χ4v) is 2.23. The largest absolute Gasteiger partial charge is 0.338 e. The number of nitrogens with zero attached hydrogens (tertiary/aromatic N) is 4. The summed E-state index contributed by atoms with van der Waals surface area (Å²) in [6, 6.07) is 5.66. The molecule has 5 nitrogen and oxygen atoms in total. The van der Waals surface area contributed by atoms with Crippen LogP contribution < -0.4 is 0 Å². The maximum Gasteiger partial charge on any atom is 0.272 e. The minimum Gasteiger partial charge on any atom is -0.338 e. The Bertz CT molecular complexity index is 614. The predicted octanol–water partition coefficient (Wildman–Crippen LogP) is 2.37. The Morgan fingerprint density at radius 3 is 2.50 bits per heavy atom. The Hall–Kier alpha value is -2.17. The number of carbonyl (C=O) groups excluding carboxylic acids is 1. The molecule has 0 unspecified atom stereocenters. The van der Waals surface area contributed by atoms with E-state index in [0.717, 1.165) is 17.1 Å². The lowest BCUT2D eigenvalue weighted by Gasteiger charge is -2.18. The van der Waals surface area contributed by atoms with Gasteiger partial charge in [-0.3, -0.25) is 9.78 Å². The molecular weight excluding hydrogens is 252 g/mol. The number of hydrogen-bond donors (Lipinski definition) is 0. The maximum atomic E-state index is 12.3. The summed E-state index contributed by atoms with van der Waals surface area (Å²) in [5.74, 6) is -0.0432. The van der Waals surface area contributed by atoms with E-state index in [0.29, 0.717) is 18.8 Å². The number of rotatable bonds is 4. The summed E-state index contributed by atoms with van der Waals surface area (Å²) in [6.07, 6.45) is 1.66. The lowest BCUT2D eigenvalue weighted by atomic mass is 10.2. The fourth-order valence-electron chi connectivity index (χ4n) is 2.23. The van der Waals surface area contributed by atoms with Crippen LogP contribution in [0.5, 0.6) is 0 Å². The third kappa shape index (κ3) is 2.71. The van der Waals surface area contributed by atoms with Crippen molar-refractivity contribution < 1.29 is 4.79 Å². The van der Waals surface area contributed by atoms with Gasteiger partial charge in [0.1, 0.15) is 5.69 Å². The van der Waals surface area contributed by atoms with Crippen molar-refractivity contribution in [1.29, 1.82) is 0 Å². The van der Waals surface area contributed by atoms with Crippen LogP contribution in [0, 0.1) is 13.8 Å². The van der Waals surface area contributed by atoms with Gasteiger partial charge in [0.2, 0.25) is 0 Å². The monoisotopic (exact) mass is 272 g/mol. The highest BCUT2D eigenvalue weighted by atomic mass is 16.2. The number of aromatic nitrogens is 3. The molecule has 0 aliphatic rings. The molecule has 0 saturated carbocycles. The van der Waals surface area contributed by atoms with E-state index in [1.54, 1.807) is 17.2 Å². The van der Waals surface area contributed by atoms with Crippen LogP contribution in [0.2, 0.25) is 0 Å². The van der Waals surface area contributed by atoms with Crippen LogP contribution in [-0.2, 0) is 0 Å². The molecular formula is C15H20N4O. The summed E-state index contributed by atoms with van der Waals surface area (Å²) < 4.78 is 1.83. The van der Waals surface area contributed by atoms with E-state index in [-0.39, 0.29) is 5.91 Å². The number of aryl methyl sites for hydroxylation is 2. The standard InChI is InChI=1S/C15H20N4O/c1-5-18(6-2)15(20)14-10-13(7-8-16-14)19-12(4)9-11(3)17-19/h7-10H,5-6H2,1-4H3. The fraction of sp³-hybridized carbons (Fsp3) is 0.400. The Labute approximate surface area is 119 Å². The van der Waals surface area contributed by atoms with E-state index in [9.17, 15) is 4.79 Å². The molecule has 2 rings (SSSR count). The van der Waals surface area contributed by atoms with E-state index in [1.807, 2.05) is 44.5 Å². The molecule has 0 saturated heterocycles. The molecule has 0 aliphatic heterocycles. The summed E-state index contributed by atoms with van der Waals surface area (Å²) in [4.78, 5) is 18.3. The molecule has 0 bridgehead atoms. The van der Waals surface area contributed by atoms with Gasteiger partial charge < -0.3 is 4.90 Å². The van der Waals surface area contributed by atoms with E-state index in [2.05, 4.69) is 10.1 Å². The Morgan fingerprint density at radius 1 is 1.25 bits per heavy atom. The molecule has 0 aliphatic carbocycles. The van der Waals surface area contributed by atoms with Crippen molar-refractivity contribution in [1.82, 2.24) is 19.7 Å². The second-order valence-electron chi connectivity index (χ2n) is 4.72. The highest BCUT2D eigenvalue weighted by Gasteiger charge is 2.15. The second-order valence-corrected chi connectivity index (χ2v) is 4.72. The molecule has 20 heavy (non-hydrogen) atoms. The van der Waals surface area contributed by atoms with Gasteiger partial charge in [0.05, 0.1) is 11.4 Å². The Balaban J connectivity index is 2.38. The van der Waals surface area contributed by atoms with Gasteiger partial charge in [0.25, 0.3) is 5.91 Å². The van der Waals surface area contributed by atoms with Crippen molar-refractivity contribution in [3.05, 3.63) is 41.5 Å². The average molecular weight is 272 g/mol. The van der Waals surface area contributed by atoms with Gasteiger partial charge in [-0.25, -0.2) is 4.68 Å². The number of carbonyl (C=O) groups is 1. The molecule has 0 spiro atoms. The van der Waals surface area contributed by atoms with Crippen molar-refractivity contribution in [2.75, 3.05) is 13.1 Å². The average Bonchev–Trinajstić information content (AvgIpc) is 2.79. The van der Waals surface area contributed by atoms with Crippen LogP contribution in [0.15, 0.2) is 24.4 Å². The zero-order valence-corrected chi connectivity index (χ0v) is 12.4. The first-order valence-electron chi connectivity index (χ1n) is 6.85. The molecule has 2 aromatic heterocycles. The first-order valence-corrected chi connectivity index (χ1v) is 6.85. The lowest BCUT2D eigenvalue weighted by molar-refractivity contribution is 0.0767. The highest BCUT2D eigenvalue weighted by molar-refractivity contribution is 5.92. The summed E-state index contributed by atoms with van der Waals surface area (Å²) in [5, 5.41) is 4.43. The molecule has 0 fully saturated rings. The molecule has 106 valence electrons. The minimum atomic E-state index is -0.0432. The van der Waals surface area contributed by atoms with Crippen LogP contribution in [0.1, 0.15) is 35.7 Å². The first kappa shape index (κ1) is 14.2. The number of hydrogen-bond acceptors (Lipinski definition) is 3. The van der Waals surface area contributed by atoms with Gasteiger partial charge in [-0.2, -0.15) is 5.10 Å². The Kier molecular flexibility index (Phi) is 4.17. The highest BCUT2D eigenvalue weighted by Crippen LogP contribution is 2.13. The van der Waals surface area contributed by atoms with E-state index < -0.39 is 0 Å². The van der Waals surface area contributed by atoms with E-state index in [4.69, 9.17) is 0 Å². The van der Waals surface area contributed by atoms with Crippen LogP contribution in [0.4, 0.5) is 0 Å². The second kappa shape index (κ2) is 5.86. The SMILES string of the molecule is CCN(CC)C(=O)c1cc(-n2nc(C)cc2C)ccn1. The normalized spacial score (nSPS) is 10.6. The molecule has 5 heteroatoms. The van der Waals surface area contributed by atoms with Crippen molar-refractivity contribution in [2.45, 2.75) is 27.7 Å². The van der Waals surface area contributed by atoms with Crippen LogP contribution in [0.25, 0.3) is 5.69 Å². The van der Waals surface area contributed by atoms with E-state index >= 15 is 0 Å². The molecule has 0 aromatic carbocycles. The quantitative estimate of drug-likeness (QED) is 0.858. The third-order valence-corrected chi connectivity index (χ3v) is 3.27. The van der Waals surface area contributed by atoms with Crippen molar-refractivity contribution in [3.63, 3.8) is 0 Å². The lowest BCUT2D eigenvalue weighted by Crippen LogP contribution is -2.31. The molecule has 1 amide bonds. The summed E-state index contributed by atoms with van der Waals surface area (Å²) >= 11 is 0. The van der Waals surface area contributed by atoms with Gasteiger partial charge in [0.15, 0.2) is 0 Å². The van der Waals surface area contributed by atoms with Gasteiger partial charge in [-0.05, 0) is 45.9 Å². The minimum absolute atomic E-state index is 0.0432. The van der Waals surface area contributed by atoms with Crippen molar-refractivity contribution >= 4 is 5.91 Å². The third-order valence-electron chi connectivity index (χ3n) is 3.27. The van der Waals surface area contributed by atoms with Crippen molar-refractivity contribution in [2.24, 2.45) is 0 Å². The number of amides is 1. The molecule has 0 N–H and O–H groups in total. The molecule has 0 atom stereocenters. The van der Waals surface area contributed by atoms with Crippen LogP contribution in [-0.4, -0.2) is 38.7 Å². The van der Waals surface area contributed by atoms with Gasteiger partial charge in [0, 0.05) is 25.0 Å².